The number of hydrogen-bond acceptors (Lipinski definition) is 3. The molecule has 5 rings (SSSR count). The molecule has 3 aromatic carbocycles. The molecule has 5 heteroatoms. The topological polar surface area (TPSA) is 50.5 Å². The van der Waals surface area contributed by atoms with Crippen LogP contribution in [0, 0.1) is 19.7 Å². The lowest BCUT2D eigenvalue weighted by atomic mass is 9.86. The van der Waals surface area contributed by atoms with Gasteiger partial charge in [0.1, 0.15) is 11.4 Å². The molecule has 4 aromatic rings. The largest absolute Gasteiger partial charge is 0.450 e. The second-order valence-electron chi connectivity index (χ2n) is 10.0. The first kappa shape index (κ1) is 22.1. The minimum atomic E-state index is -0.678. The highest BCUT2D eigenvalue weighted by Gasteiger charge is 2.43. The molecule has 34 heavy (non-hydrogen) atoms. The van der Waals surface area contributed by atoms with E-state index in [1.165, 1.54) is 18.2 Å². The van der Waals surface area contributed by atoms with Crippen molar-refractivity contribution in [1.82, 2.24) is 0 Å². The van der Waals surface area contributed by atoms with Crippen LogP contribution >= 0.6 is 0 Å². The summed E-state index contributed by atoms with van der Waals surface area (Å²) in [4.78, 5) is 28.9. The number of nitrogens with zero attached hydrogens (tertiary/aromatic N) is 1. The number of carbonyl (C=O) groups excluding carboxylic acids is 1. The Morgan fingerprint density at radius 3 is 2.24 bits per heavy atom. The first-order chi connectivity index (χ1) is 16.1. The second-order valence-corrected chi connectivity index (χ2v) is 10.0. The molecule has 0 bridgehead atoms. The molecule has 0 saturated carbocycles. The molecule has 1 unspecified atom stereocenters. The molecule has 1 atom stereocenters. The average molecular weight is 456 g/mol. The van der Waals surface area contributed by atoms with Crippen LogP contribution in [0.25, 0.3) is 11.0 Å². The van der Waals surface area contributed by atoms with Crippen molar-refractivity contribution >= 4 is 22.6 Å². The lowest BCUT2D eigenvalue weighted by Crippen LogP contribution is -2.29. The number of rotatable bonds is 2. The van der Waals surface area contributed by atoms with Crippen LogP contribution in [0.15, 0.2) is 69.9 Å². The molecule has 0 fully saturated rings. The maximum absolute atomic E-state index is 14.0. The summed E-state index contributed by atoms with van der Waals surface area (Å²) in [6.07, 6.45) is 0. The number of hydrogen-bond donors (Lipinski definition) is 0. The Morgan fingerprint density at radius 2 is 1.59 bits per heavy atom. The smallest absolute Gasteiger partial charge is 0.295 e. The first-order valence-corrected chi connectivity index (χ1v) is 11.3. The van der Waals surface area contributed by atoms with Gasteiger partial charge in [-0.3, -0.25) is 14.5 Å². The van der Waals surface area contributed by atoms with E-state index < -0.39 is 11.9 Å². The fraction of sp³-hybridized carbons (Fsp3) is 0.241. The third kappa shape index (κ3) is 3.43. The Labute approximate surface area is 197 Å². The zero-order chi connectivity index (χ0) is 24.4. The van der Waals surface area contributed by atoms with Crippen LogP contribution in [0.2, 0.25) is 0 Å². The van der Waals surface area contributed by atoms with E-state index in [-0.39, 0.29) is 39.0 Å². The molecule has 172 valence electrons. The van der Waals surface area contributed by atoms with Crippen LogP contribution in [-0.2, 0) is 5.41 Å². The summed E-state index contributed by atoms with van der Waals surface area (Å²) in [5, 5.41) is 0.129. The highest BCUT2D eigenvalue weighted by Crippen LogP contribution is 2.42. The second kappa shape index (κ2) is 7.66. The van der Waals surface area contributed by atoms with Gasteiger partial charge >= 0.3 is 0 Å². The van der Waals surface area contributed by atoms with E-state index in [4.69, 9.17) is 4.42 Å². The van der Waals surface area contributed by atoms with Crippen LogP contribution in [0.4, 0.5) is 10.1 Å². The number of carbonyl (C=O) groups is 1. The standard InChI is InChI=1S/C29H26FNO3/c1-16-6-12-21(14-17(16)2)31-25(18-7-9-19(10-8-18)29(3,4)5)24-26(32)22-15-20(30)11-13-23(22)34-27(24)28(31)33/h6-15,25H,1-5H3. The summed E-state index contributed by atoms with van der Waals surface area (Å²) in [6, 6.07) is 16.9. The molecule has 1 aliphatic heterocycles. The number of anilines is 1. The van der Waals surface area contributed by atoms with E-state index in [1.807, 2.05) is 56.3 Å². The Balaban J connectivity index is 1.78. The van der Waals surface area contributed by atoms with E-state index >= 15 is 0 Å². The number of amides is 1. The lowest BCUT2D eigenvalue weighted by molar-refractivity contribution is 0.0971. The Kier molecular flexibility index (Phi) is 4.97. The summed E-state index contributed by atoms with van der Waals surface area (Å²) in [5.74, 6) is -0.903. The van der Waals surface area contributed by atoms with E-state index in [0.29, 0.717) is 5.69 Å². The number of halogens is 1. The number of benzene rings is 3. The van der Waals surface area contributed by atoms with Gasteiger partial charge in [-0.25, -0.2) is 4.39 Å². The predicted octanol–water partition coefficient (Wildman–Crippen LogP) is 6.60. The van der Waals surface area contributed by atoms with Gasteiger partial charge in [0.05, 0.1) is 17.0 Å². The molecule has 4 nitrogen and oxygen atoms in total. The average Bonchev–Trinajstić information content (AvgIpc) is 3.08. The number of fused-ring (bicyclic) bond motifs is 2. The first-order valence-electron chi connectivity index (χ1n) is 11.3. The van der Waals surface area contributed by atoms with Gasteiger partial charge in [-0.15, -0.1) is 0 Å². The minimum absolute atomic E-state index is 0.00670. The number of aryl methyl sites for hydroxylation is 2. The molecule has 2 heterocycles. The van der Waals surface area contributed by atoms with E-state index in [1.54, 1.807) is 4.90 Å². The third-order valence-electron chi connectivity index (χ3n) is 6.69. The van der Waals surface area contributed by atoms with Gasteiger partial charge in [0.15, 0.2) is 5.43 Å². The Morgan fingerprint density at radius 1 is 0.882 bits per heavy atom. The van der Waals surface area contributed by atoms with Crippen molar-refractivity contribution < 1.29 is 13.6 Å². The van der Waals surface area contributed by atoms with Crippen molar-refractivity contribution in [1.29, 1.82) is 0 Å². The lowest BCUT2D eigenvalue weighted by Gasteiger charge is -2.27. The highest BCUT2D eigenvalue weighted by molar-refractivity contribution is 6.10. The fourth-order valence-electron chi connectivity index (χ4n) is 4.57. The summed E-state index contributed by atoms with van der Waals surface area (Å²) in [5.41, 5.74) is 4.77. The molecular formula is C29H26FNO3. The zero-order valence-corrected chi connectivity index (χ0v) is 19.9. The van der Waals surface area contributed by atoms with E-state index in [2.05, 4.69) is 20.8 Å². The van der Waals surface area contributed by atoms with Gasteiger partial charge in [0.2, 0.25) is 5.76 Å². The SMILES string of the molecule is Cc1ccc(N2C(=O)c3oc4ccc(F)cc4c(=O)c3C2c2ccc(C(C)(C)C)cc2)cc1C. The molecule has 0 aliphatic carbocycles. The van der Waals surface area contributed by atoms with E-state index in [0.717, 1.165) is 22.3 Å². The maximum Gasteiger partial charge on any atom is 0.295 e. The van der Waals surface area contributed by atoms with Crippen molar-refractivity contribution in [3.05, 3.63) is 110 Å². The van der Waals surface area contributed by atoms with Gasteiger partial charge in [0, 0.05) is 5.69 Å². The van der Waals surface area contributed by atoms with Crippen LogP contribution in [0.5, 0.6) is 0 Å². The van der Waals surface area contributed by atoms with Crippen molar-refractivity contribution in [3.8, 4) is 0 Å². The van der Waals surface area contributed by atoms with Crippen molar-refractivity contribution in [2.24, 2.45) is 0 Å². The Hall–Kier alpha value is -3.73. The highest BCUT2D eigenvalue weighted by atomic mass is 19.1. The van der Waals surface area contributed by atoms with Crippen LogP contribution in [0.3, 0.4) is 0 Å². The quantitative estimate of drug-likeness (QED) is 0.342. The molecule has 0 radical (unpaired) electrons. The van der Waals surface area contributed by atoms with Crippen LogP contribution in [0.1, 0.15) is 65.2 Å². The molecule has 1 aliphatic rings. The van der Waals surface area contributed by atoms with Gasteiger partial charge < -0.3 is 4.42 Å². The molecule has 1 amide bonds. The van der Waals surface area contributed by atoms with Gasteiger partial charge in [-0.1, -0.05) is 51.1 Å². The van der Waals surface area contributed by atoms with Crippen molar-refractivity contribution in [2.45, 2.75) is 46.1 Å². The van der Waals surface area contributed by atoms with Gasteiger partial charge in [-0.05, 0) is 71.8 Å². The summed E-state index contributed by atoms with van der Waals surface area (Å²) in [7, 11) is 0. The van der Waals surface area contributed by atoms with Crippen LogP contribution < -0.4 is 10.3 Å². The molecule has 0 spiro atoms. The monoisotopic (exact) mass is 455 g/mol. The van der Waals surface area contributed by atoms with E-state index in [9.17, 15) is 14.0 Å². The molecular weight excluding hydrogens is 429 g/mol. The summed E-state index contributed by atoms with van der Waals surface area (Å²) < 4.78 is 19.9. The predicted molar refractivity (Wildman–Crippen MR) is 132 cm³/mol. The molecule has 0 N–H and O–H groups in total. The Bertz CT molecular complexity index is 1510. The maximum atomic E-state index is 14.0. The summed E-state index contributed by atoms with van der Waals surface area (Å²) in [6.45, 7) is 10.4. The normalized spacial score (nSPS) is 15.8. The van der Waals surface area contributed by atoms with Gasteiger partial charge in [0.25, 0.3) is 5.91 Å². The molecule has 0 saturated heterocycles. The molecule has 1 aromatic heterocycles. The van der Waals surface area contributed by atoms with Crippen molar-refractivity contribution in [3.63, 3.8) is 0 Å². The van der Waals surface area contributed by atoms with Crippen LogP contribution in [-0.4, -0.2) is 5.91 Å². The van der Waals surface area contributed by atoms with Crippen molar-refractivity contribution in [2.75, 3.05) is 4.90 Å². The fourth-order valence-corrected chi connectivity index (χ4v) is 4.57. The zero-order valence-electron chi connectivity index (χ0n) is 19.9. The third-order valence-corrected chi connectivity index (χ3v) is 6.69. The summed E-state index contributed by atoms with van der Waals surface area (Å²) >= 11 is 0. The minimum Gasteiger partial charge on any atom is -0.450 e. The van der Waals surface area contributed by atoms with Gasteiger partial charge in [-0.2, -0.15) is 0 Å².